The van der Waals surface area contributed by atoms with Crippen LogP contribution in [0.15, 0.2) is 72.9 Å². The lowest BCUT2D eigenvalue weighted by atomic mass is 10.1. The van der Waals surface area contributed by atoms with Crippen LogP contribution in [0.5, 0.6) is 0 Å². The van der Waals surface area contributed by atoms with E-state index in [1.54, 1.807) is 6.08 Å². The Morgan fingerprint density at radius 2 is 1.09 bits per heavy atom. The molecule has 0 aromatic carbocycles. The second-order valence-electron chi connectivity index (χ2n) is 14.2. The maximum Gasteiger partial charge on any atom is 0.472 e. The molecule has 0 aliphatic rings. The minimum Gasteiger partial charge on any atom is -0.387 e. The molecule has 0 bridgehead atoms. The zero-order chi connectivity index (χ0) is 39.6. The third kappa shape index (κ3) is 38.2. The summed E-state index contributed by atoms with van der Waals surface area (Å²) in [6.45, 7) is 3.97. The first-order valence-electron chi connectivity index (χ1n) is 21.6. The van der Waals surface area contributed by atoms with Gasteiger partial charge in [-0.05, 0) is 70.6 Å². The molecule has 0 saturated carbocycles. The summed E-state index contributed by atoms with van der Waals surface area (Å²) in [7, 11) is -4.35. The van der Waals surface area contributed by atoms with E-state index in [4.69, 9.17) is 14.8 Å². The van der Waals surface area contributed by atoms with Gasteiger partial charge in [0.15, 0.2) is 0 Å². The molecule has 0 spiro atoms. The molecule has 0 rings (SSSR count). The Bertz CT molecular complexity index is 1070. The fourth-order valence-electron chi connectivity index (χ4n) is 5.78. The highest BCUT2D eigenvalue weighted by atomic mass is 31.2. The number of nitrogens with two attached hydrogens (primary N) is 1. The van der Waals surface area contributed by atoms with Crippen LogP contribution in [0.25, 0.3) is 0 Å². The number of aliphatic hydroxyl groups is 1. The van der Waals surface area contributed by atoms with E-state index in [9.17, 15) is 19.4 Å². The monoisotopic (exact) mass is 777 g/mol. The van der Waals surface area contributed by atoms with Gasteiger partial charge in [0, 0.05) is 13.0 Å². The van der Waals surface area contributed by atoms with Gasteiger partial charge < -0.3 is 21.1 Å². The fourth-order valence-corrected chi connectivity index (χ4v) is 6.54. The zero-order valence-electron chi connectivity index (χ0n) is 34.4. The molecular weight excluding hydrogens is 695 g/mol. The Balaban J connectivity index is 4.26. The van der Waals surface area contributed by atoms with Gasteiger partial charge in [-0.2, -0.15) is 0 Å². The normalized spacial score (nSPS) is 14.8. The maximum absolute atomic E-state index is 12.8. The molecule has 54 heavy (non-hydrogen) atoms. The second kappa shape index (κ2) is 40.6. The molecular formula is C45H81N2O6P. The number of hydrogen-bond acceptors (Lipinski definition) is 6. The molecule has 3 atom stereocenters. The topological polar surface area (TPSA) is 131 Å². The van der Waals surface area contributed by atoms with Crippen LogP contribution in [0.3, 0.4) is 0 Å². The molecule has 1 amide bonds. The summed E-state index contributed by atoms with van der Waals surface area (Å²) < 4.78 is 22.1. The number of aliphatic hydroxyl groups excluding tert-OH is 1. The van der Waals surface area contributed by atoms with Gasteiger partial charge in [-0.3, -0.25) is 13.8 Å². The summed E-state index contributed by atoms with van der Waals surface area (Å²) in [5, 5.41) is 13.6. The van der Waals surface area contributed by atoms with Crippen LogP contribution < -0.4 is 11.1 Å². The SMILES string of the molecule is CC/C=C\C/C=C\C/C=C\C/C=C\CCCCCCCCCCC(=O)NC(COP(=O)(O)OCCN)C(O)/C=C/CC/C=C/CCCCCCCCCC. The molecule has 0 saturated heterocycles. The van der Waals surface area contributed by atoms with E-state index in [1.807, 2.05) is 6.08 Å². The van der Waals surface area contributed by atoms with Gasteiger partial charge in [0.25, 0.3) is 0 Å². The van der Waals surface area contributed by atoms with Crippen molar-refractivity contribution < 1.29 is 28.4 Å². The molecule has 8 nitrogen and oxygen atoms in total. The van der Waals surface area contributed by atoms with E-state index in [2.05, 4.69) is 79.9 Å². The summed E-state index contributed by atoms with van der Waals surface area (Å²) in [5.41, 5.74) is 5.37. The maximum atomic E-state index is 12.8. The van der Waals surface area contributed by atoms with Crippen molar-refractivity contribution in [2.24, 2.45) is 5.73 Å². The standard InChI is InChI=1S/C45H81N2O6P/c1-3-5-7-9-11-13-15-17-19-20-21-22-23-24-25-27-29-31-33-35-37-39-45(49)47-43(42-53-54(50,51)52-41-40-46)44(48)38-36-34-32-30-28-26-18-16-14-12-10-8-6-4-2/h5,7,11,13,17,19,21-22,28,30,36,38,43-44,48H,3-4,6,8-10,12,14-16,18,20,23-27,29,31-35,37,39-42,46H2,1-2H3,(H,47,49)(H,50,51)/b7-5-,13-11-,19-17-,22-21-,30-28+,38-36+. The van der Waals surface area contributed by atoms with Gasteiger partial charge in [0.2, 0.25) is 5.91 Å². The van der Waals surface area contributed by atoms with Gasteiger partial charge in [0.05, 0.1) is 25.4 Å². The van der Waals surface area contributed by atoms with Crippen LogP contribution in [-0.4, -0.2) is 47.8 Å². The molecule has 5 N–H and O–H groups in total. The first-order chi connectivity index (χ1) is 26.4. The molecule has 0 fully saturated rings. The van der Waals surface area contributed by atoms with Gasteiger partial charge in [0.1, 0.15) is 0 Å². The van der Waals surface area contributed by atoms with Gasteiger partial charge in [-0.15, -0.1) is 0 Å². The van der Waals surface area contributed by atoms with Crippen molar-refractivity contribution in [2.45, 2.75) is 187 Å². The van der Waals surface area contributed by atoms with Crippen LogP contribution >= 0.6 is 7.82 Å². The molecule has 9 heteroatoms. The molecule has 312 valence electrons. The predicted molar refractivity (Wildman–Crippen MR) is 230 cm³/mol. The van der Waals surface area contributed by atoms with Crippen molar-refractivity contribution in [1.82, 2.24) is 5.32 Å². The molecule has 3 unspecified atom stereocenters. The van der Waals surface area contributed by atoms with Crippen molar-refractivity contribution in [3.8, 4) is 0 Å². The Kier molecular flexibility index (Phi) is 39.0. The van der Waals surface area contributed by atoms with Gasteiger partial charge in [-0.25, -0.2) is 4.57 Å². The van der Waals surface area contributed by atoms with Crippen molar-refractivity contribution in [3.63, 3.8) is 0 Å². The van der Waals surface area contributed by atoms with E-state index in [0.717, 1.165) is 77.0 Å². The van der Waals surface area contributed by atoms with Crippen LogP contribution in [0.2, 0.25) is 0 Å². The third-order valence-electron chi connectivity index (χ3n) is 9.02. The summed E-state index contributed by atoms with van der Waals surface area (Å²) in [4.78, 5) is 22.7. The molecule has 0 aromatic rings. The van der Waals surface area contributed by atoms with Crippen LogP contribution in [0.1, 0.15) is 174 Å². The highest BCUT2D eigenvalue weighted by Gasteiger charge is 2.26. The number of carbonyl (C=O) groups excluding carboxylic acids is 1. The van der Waals surface area contributed by atoms with E-state index >= 15 is 0 Å². The average Bonchev–Trinajstić information content (AvgIpc) is 3.16. The van der Waals surface area contributed by atoms with Crippen molar-refractivity contribution in [1.29, 1.82) is 0 Å². The van der Waals surface area contributed by atoms with E-state index in [0.29, 0.717) is 6.42 Å². The Labute approximate surface area is 331 Å². The number of hydrogen-bond donors (Lipinski definition) is 4. The highest BCUT2D eigenvalue weighted by Crippen LogP contribution is 2.43. The summed E-state index contributed by atoms with van der Waals surface area (Å²) in [6.07, 6.45) is 52.3. The second-order valence-corrected chi connectivity index (χ2v) is 15.6. The number of carbonyl (C=O) groups is 1. The number of nitrogens with one attached hydrogen (secondary N) is 1. The number of phosphoric ester groups is 1. The van der Waals surface area contributed by atoms with Crippen LogP contribution in [-0.2, 0) is 18.4 Å². The predicted octanol–water partition coefficient (Wildman–Crippen LogP) is 12.1. The van der Waals surface area contributed by atoms with Crippen molar-refractivity contribution >= 4 is 13.7 Å². The summed E-state index contributed by atoms with van der Waals surface area (Å²) in [6, 6.07) is -0.884. The summed E-state index contributed by atoms with van der Waals surface area (Å²) >= 11 is 0. The number of amides is 1. The van der Waals surface area contributed by atoms with Crippen LogP contribution in [0, 0.1) is 0 Å². The largest absolute Gasteiger partial charge is 0.472 e. The fraction of sp³-hybridized carbons (Fsp3) is 0.711. The van der Waals surface area contributed by atoms with Crippen LogP contribution in [0.4, 0.5) is 0 Å². The number of phosphoric acid groups is 1. The summed E-state index contributed by atoms with van der Waals surface area (Å²) in [5.74, 6) is -0.216. The smallest absolute Gasteiger partial charge is 0.387 e. The minimum atomic E-state index is -4.35. The number of unbranched alkanes of at least 4 members (excludes halogenated alkanes) is 17. The average molecular weight is 777 g/mol. The van der Waals surface area contributed by atoms with E-state index in [-0.39, 0.29) is 25.7 Å². The lowest BCUT2D eigenvalue weighted by molar-refractivity contribution is -0.123. The first kappa shape index (κ1) is 51.9. The van der Waals surface area contributed by atoms with Crippen molar-refractivity contribution in [3.05, 3.63) is 72.9 Å². The molecule has 0 aliphatic carbocycles. The molecule has 0 aromatic heterocycles. The Morgan fingerprint density at radius 1 is 0.630 bits per heavy atom. The lowest BCUT2D eigenvalue weighted by Gasteiger charge is -2.23. The molecule has 0 radical (unpaired) electrons. The first-order valence-corrected chi connectivity index (χ1v) is 23.1. The highest BCUT2D eigenvalue weighted by molar-refractivity contribution is 7.47. The van der Waals surface area contributed by atoms with E-state index in [1.165, 1.54) is 77.0 Å². The zero-order valence-corrected chi connectivity index (χ0v) is 35.3. The van der Waals surface area contributed by atoms with Crippen molar-refractivity contribution in [2.75, 3.05) is 19.8 Å². The molecule has 0 aliphatic heterocycles. The van der Waals surface area contributed by atoms with E-state index < -0.39 is 20.0 Å². The quantitative estimate of drug-likeness (QED) is 0.0278. The lowest BCUT2D eigenvalue weighted by Crippen LogP contribution is -2.45. The van der Waals surface area contributed by atoms with Gasteiger partial charge in [-0.1, -0.05) is 170 Å². The molecule has 0 heterocycles. The Morgan fingerprint density at radius 3 is 1.65 bits per heavy atom. The van der Waals surface area contributed by atoms with Gasteiger partial charge >= 0.3 is 7.82 Å². The Hall–Kier alpha value is -2.06. The number of allylic oxidation sites excluding steroid dienone is 11. The number of rotatable bonds is 39. The third-order valence-corrected chi connectivity index (χ3v) is 10.0. The minimum absolute atomic E-state index is 0.0691.